The van der Waals surface area contributed by atoms with E-state index in [2.05, 4.69) is 85.5 Å². The number of fused-ring (bicyclic) bond motifs is 1. The number of hydrogen-bond donors (Lipinski definition) is 1. The van der Waals surface area contributed by atoms with E-state index in [1.165, 1.54) is 11.1 Å². The topological polar surface area (TPSA) is 58.4 Å². The molecule has 1 aromatic heterocycles. The second-order valence-corrected chi connectivity index (χ2v) is 8.91. The fourth-order valence-corrected chi connectivity index (χ4v) is 4.37. The van der Waals surface area contributed by atoms with Crippen molar-refractivity contribution in [3.8, 4) is 11.3 Å². The van der Waals surface area contributed by atoms with Crippen LogP contribution < -0.4 is 5.32 Å². The lowest BCUT2D eigenvalue weighted by atomic mass is 9.98. The number of nitrogens with one attached hydrogen (secondary N) is 1. The molecule has 1 atom stereocenters. The third-order valence-corrected chi connectivity index (χ3v) is 6.47. The zero-order chi connectivity index (χ0) is 24.1. The van der Waals surface area contributed by atoms with E-state index in [9.17, 15) is 4.79 Å². The van der Waals surface area contributed by atoms with Crippen LogP contribution in [-0.2, 0) is 0 Å². The first-order chi connectivity index (χ1) is 16.5. The van der Waals surface area contributed by atoms with E-state index < -0.39 is 0 Å². The van der Waals surface area contributed by atoms with E-state index in [1.807, 2.05) is 24.3 Å². The zero-order valence-corrected chi connectivity index (χ0v) is 20.4. The monoisotopic (exact) mass is 455 g/mol. The van der Waals surface area contributed by atoms with Crippen LogP contribution in [-0.4, -0.2) is 35.6 Å². The van der Waals surface area contributed by atoms with Gasteiger partial charge in [0.25, 0.3) is 5.91 Å². The van der Waals surface area contributed by atoms with Crippen molar-refractivity contribution >= 4 is 16.7 Å². The minimum absolute atomic E-state index is 0.0898. The molecule has 0 fully saturated rings. The Morgan fingerprint density at radius 3 is 2.26 bits per heavy atom. The highest BCUT2D eigenvalue weighted by molar-refractivity contribution is 5.93. The van der Waals surface area contributed by atoms with Crippen LogP contribution in [0.3, 0.4) is 0 Å². The van der Waals surface area contributed by atoms with Gasteiger partial charge in [-0.25, -0.2) is 0 Å². The van der Waals surface area contributed by atoms with E-state index in [0.717, 1.165) is 29.4 Å². The minimum Gasteiger partial charge on any atom is -0.355 e. The SMILES string of the molecule is CCN(CC)C(CNC(=O)c1cc(-c2ccc3ccccc3c2)on1)c1ccc(C(C)C)cc1. The molecule has 176 valence electrons. The Kier molecular flexibility index (Phi) is 7.43. The summed E-state index contributed by atoms with van der Waals surface area (Å²) < 4.78 is 5.52. The van der Waals surface area contributed by atoms with Gasteiger partial charge in [0.2, 0.25) is 0 Å². The molecule has 1 amide bonds. The third-order valence-electron chi connectivity index (χ3n) is 6.47. The Balaban J connectivity index is 1.48. The number of amides is 1. The molecule has 0 spiro atoms. The van der Waals surface area contributed by atoms with Gasteiger partial charge in [0.15, 0.2) is 11.5 Å². The summed E-state index contributed by atoms with van der Waals surface area (Å²) in [5, 5.41) is 9.39. The molecular weight excluding hydrogens is 422 g/mol. The summed E-state index contributed by atoms with van der Waals surface area (Å²) in [6.07, 6.45) is 0. The summed E-state index contributed by atoms with van der Waals surface area (Å²) in [7, 11) is 0. The smallest absolute Gasteiger partial charge is 0.273 e. The van der Waals surface area contributed by atoms with Gasteiger partial charge in [-0.15, -0.1) is 0 Å². The van der Waals surface area contributed by atoms with E-state index in [1.54, 1.807) is 6.07 Å². The van der Waals surface area contributed by atoms with Crippen LogP contribution in [0.1, 0.15) is 61.3 Å². The maximum absolute atomic E-state index is 12.9. The van der Waals surface area contributed by atoms with Crippen LogP contribution in [0, 0.1) is 0 Å². The van der Waals surface area contributed by atoms with Crippen molar-refractivity contribution in [3.63, 3.8) is 0 Å². The van der Waals surface area contributed by atoms with Gasteiger partial charge in [0, 0.05) is 18.2 Å². The van der Waals surface area contributed by atoms with Crippen LogP contribution in [0.25, 0.3) is 22.1 Å². The van der Waals surface area contributed by atoms with Crippen LogP contribution in [0.5, 0.6) is 0 Å². The fourth-order valence-electron chi connectivity index (χ4n) is 4.37. The number of carbonyl (C=O) groups is 1. The first-order valence-electron chi connectivity index (χ1n) is 12.1. The molecule has 1 unspecified atom stereocenters. The largest absolute Gasteiger partial charge is 0.355 e. The molecule has 1 N–H and O–H groups in total. The molecule has 0 aliphatic heterocycles. The van der Waals surface area contributed by atoms with Crippen LogP contribution in [0.15, 0.2) is 77.3 Å². The van der Waals surface area contributed by atoms with E-state index >= 15 is 0 Å². The normalized spacial score (nSPS) is 12.4. The highest BCUT2D eigenvalue weighted by atomic mass is 16.5. The van der Waals surface area contributed by atoms with Gasteiger partial charge < -0.3 is 9.84 Å². The van der Waals surface area contributed by atoms with Gasteiger partial charge in [0.05, 0.1) is 6.04 Å². The zero-order valence-electron chi connectivity index (χ0n) is 20.4. The standard InChI is InChI=1S/C29H33N3O2/c1-5-32(6-2)27(23-14-11-21(12-15-23)20(3)4)19-30-29(33)26-18-28(34-31-26)25-16-13-22-9-7-8-10-24(22)17-25/h7-18,20,27H,5-6,19H2,1-4H3,(H,30,33). The third kappa shape index (κ3) is 5.20. The van der Waals surface area contributed by atoms with Crippen molar-refractivity contribution in [2.24, 2.45) is 0 Å². The molecule has 4 aromatic rings. The predicted octanol–water partition coefficient (Wildman–Crippen LogP) is 6.43. The van der Waals surface area contributed by atoms with Crippen LogP contribution in [0.4, 0.5) is 0 Å². The number of rotatable bonds is 9. The molecule has 0 radical (unpaired) electrons. The van der Waals surface area contributed by atoms with Gasteiger partial charge >= 0.3 is 0 Å². The van der Waals surface area contributed by atoms with E-state index in [4.69, 9.17) is 4.52 Å². The first-order valence-corrected chi connectivity index (χ1v) is 12.1. The molecule has 5 nitrogen and oxygen atoms in total. The highest BCUT2D eigenvalue weighted by Gasteiger charge is 2.21. The molecule has 4 rings (SSSR count). The van der Waals surface area contributed by atoms with Crippen molar-refractivity contribution in [2.45, 2.75) is 39.7 Å². The summed E-state index contributed by atoms with van der Waals surface area (Å²) in [6.45, 7) is 11.0. The Labute approximate surface area is 201 Å². The predicted molar refractivity (Wildman–Crippen MR) is 138 cm³/mol. The van der Waals surface area contributed by atoms with Crippen molar-refractivity contribution in [1.29, 1.82) is 0 Å². The highest BCUT2D eigenvalue weighted by Crippen LogP contribution is 2.26. The summed E-state index contributed by atoms with van der Waals surface area (Å²) >= 11 is 0. The molecule has 0 aliphatic carbocycles. The fraction of sp³-hybridized carbons (Fsp3) is 0.310. The molecule has 0 aliphatic rings. The molecule has 34 heavy (non-hydrogen) atoms. The lowest BCUT2D eigenvalue weighted by Gasteiger charge is -2.30. The van der Waals surface area contributed by atoms with Gasteiger partial charge in [0.1, 0.15) is 0 Å². The number of benzene rings is 3. The first kappa shape index (κ1) is 23.7. The van der Waals surface area contributed by atoms with Gasteiger partial charge in [-0.3, -0.25) is 9.69 Å². The number of carbonyl (C=O) groups excluding carboxylic acids is 1. The molecule has 0 saturated heterocycles. The molecule has 0 saturated carbocycles. The molecule has 1 heterocycles. The summed E-state index contributed by atoms with van der Waals surface area (Å²) in [5.74, 6) is 0.844. The Morgan fingerprint density at radius 2 is 1.59 bits per heavy atom. The molecular formula is C29H33N3O2. The van der Waals surface area contributed by atoms with E-state index in [-0.39, 0.29) is 17.6 Å². The average molecular weight is 456 g/mol. The van der Waals surface area contributed by atoms with E-state index in [0.29, 0.717) is 18.2 Å². The maximum atomic E-state index is 12.9. The van der Waals surface area contributed by atoms with Gasteiger partial charge in [-0.1, -0.05) is 93.5 Å². The van der Waals surface area contributed by atoms with Gasteiger partial charge in [-0.2, -0.15) is 0 Å². The quantitative estimate of drug-likeness (QED) is 0.316. The number of nitrogens with zero attached hydrogens (tertiary/aromatic N) is 2. The van der Waals surface area contributed by atoms with Crippen molar-refractivity contribution in [2.75, 3.05) is 19.6 Å². The van der Waals surface area contributed by atoms with Crippen LogP contribution in [0.2, 0.25) is 0 Å². The Morgan fingerprint density at radius 1 is 0.912 bits per heavy atom. The minimum atomic E-state index is -0.230. The van der Waals surface area contributed by atoms with Crippen LogP contribution >= 0.6 is 0 Å². The lowest BCUT2D eigenvalue weighted by molar-refractivity contribution is 0.0926. The maximum Gasteiger partial charge on any atom is 0.273 e. The number of hydrogen-bond acceptors (Lipinski definition) is 4. The number of likely N-dealkylation sites (N-methyl/N-ethyl adjacent to an activating group) is 1. The Hall–Kier alpha value is -3.44. The number of aromatic nitrogens is 1. The summed E-state index contributed by atoms with van der Waals surface area (Å²) in [4.78, 5) is 15.3. The Bertz CT molecular complexity index is 1240. The van der Waals surface area contributed by atoms with Crippen molar-refractivity contribution in [1.82, 2.24) is 15.4 Å². The lowest BCUT2D eigenvalue weighted by Crippen LogP contribution is -2.38. The molecule has 0 bridgehead atoms. The van der Waals surface area contributed by atoms with Gasteiger partial charge in [-0.05, 0) is 47.0 Å². The average Bonchev–Trinajstić information content (AvgIpc) is 3.37. The second-order valence-electron chi connectivity index (χ2n) is 8.91. The summed E-state index contributed by atoms with van der Waals surface area (Å²) in [6, 6.07) is 24.8. The molecule has 3 aromatic carbocycles. The molecule has 5 heteroatoms. The summed E-state index contributed by atoms with van der Waals surface area (Å²) in [5.41, 5.74) is 3.70. The second kappa shape index (κ2) is 10.7. The van der Waals surface area contributed by atoms with Crippen molar-refractivity contribution < 1.29 is 9.32 Å². The van der Waals surface area contributed by atoms with Crippen molar-refractivity contribution in [3.05, 3.63) is 89.6 Å².